The van der Waals surface area contributed by atoms with Crippen molar-refractivity contribution in [1.82, 2.24) is 0 Å². The number of aryl methyl sites for hydroxylation is 1. The van der Waals surface area contributed by atoms with E-state index >= 15 is 0 Å². The summed E-state index contributed by atoms with van der Waals surface area (Å²) in [5, 5.41) is 1.26. The van der Waals surface area contributed by atoms with E-state index in [9.17, 15) is 0 Å². The highest BCUT2D eigenvalue weighted by atomic mass is 79.9. The summed E-state index contributed by atoms with van der Waals surface area (Å²) in [6.45, 7) is 2.16. The van der Waals surface area contributed by atoms with Gasteiger partial charge in [-0.2, -0.15) is 0 Å². The summed E-state index contributed by atoms with van der Waals surface area (Å²) in [4.78, 5) is 1.38. The molecular weight excluding hydrogens is 332 g/mol. The SMILES string of the molecule is COc1ccc2sc(Cc3cc(Br)ccc3C)cc2c1. The van der Waals surface area contributed by atoms with Gasteiger partial charge in [0, 0.05) is 20.5 Å². The molecule has 0 aliphatic rings. The normalized spacial score (nSPS) is 10.9. The number of halogens is 1. The van der Waals surface area contributed by atoms with Gasteiger partial charge in [0.2, 0.25) is 0 Å². The van der Waals surface area contributed by atoms with Crippen LogP contribution in [0.3, 0.4) is 0 Å². The molecule has 0 saturated heterocycles. The number of ether oxygens (including phenoxy) is 1. The van der Waals surface area contributed by atoms with Crippen LogP contribution < -0.4 is 4.74 Å². The van der Waals surface area contributed by atoms with Gasteiger partial charge in [-0.3, -0.25) is 0 Å². The van der Waals surface area contributed by atoms with E-state index in [2.05, 4.69) is 59.3 Å². The van der Waals surface area contributed by atoms with Gasteiger partial charge < -0.3 is 4.74 Å². The lowest BCUT2D eigenvalue weighted by molar-refractivity contribution is 0.415. The number of rotatable bonds is 3. The van der Waals surface area contributed by atoms with Crippen LogP contribution in [0.15, 0.2) is 46.9 Å². The summed E-state index contributed by atoms with van der Waals surface area (Å²) in [5.74, 6) is 0.917. The molecule has 102 valence electrons. The van der Waals surface area contributed by atoms with Gasteiger partial charge in [-0.15, -0.1) is 11.3 Å². The summed E-state index contributed by atoms with van der Waals surface area (Å²) >= 11 is 5.41. The van der Waals surface area contributed by atoms with Crippen LogP contribution in [-0.4, -0.2) is 7.11 Å². The van der Waals surface area contributed by atoms with Crippen molar-refractivity contribution in [3.8, 4) is 5.75 Å². The van der Waals surface area contributed by atoms with Crippen molar-refractivity contribution in [3.05, 3.63) is 62.9 Å². The van der Waals surface area contributed by atoms with Crippen LogP contribution in [0, 0.1) is 6.92 Å². The molecule has 3 aromatic rings. The lowest BCUT2D eigenvalue weighted by Crippen LogP contribution is -1.89. The summed E-state index contributed by atoms with van der Waals surface area (Å²) < 4.78 is 7.74. The third-order valence-corrected chi connectivity index (χ3v) is 5.06. The Balaban J connectivity index is 1.96. The number of thiophene rings is 1. The van der Waals surface area contributed by atoms with Crippen molar-refractivity contribution >= 4 is 37.4 Å². The third-order valence-electron chi connectivity index (χ3n) is 3.45. The molecule has 0 saturated carbocycles. The van der Waals surface area contributed by atoms with E-state index in [0.29, 0.717) is 0 Å². The Morgan fingerprint density at radius 2 is 1.95 bits per heavy atom. The van der Waals surface area contributed by atoms with Gasteiger partial charge in [-0.05, 0) is 59.8 Å². The molecule has 3 heteroatoms. The Labute approximate surface area is 131 Å². The average molecular weight is 347 g/mol. The smallest absolute Gasteiger partial charge is 0.119 e. The highest BCUT2D eigenvalue weighted by molar-refractivity contribution is 9.10. The zero-order valence-corrected chi connectivity index (χ0v) is 13.8. The van der Waals surface area contributed by atoms with Crippen molar-refractivity contribution in [2.24, 2.45) is 0 Å². The van der Waals surface area contributed by atoms with Crippen molar-refractivity contribution in [1.29, 1.82) is 0 Å². The van der Waals surface area contributed by atoms with Crippen LogP contribution >= 0.6 is 27.3 Å². The molecule has 2 aromatic carbocycles. The topological polar surface area (TPSA) is 9.23 Å². The van der Waals surface area contributed by atoms with Gasteiger partial charge in [0.15, 0.2) is 0 Å². The van der Waals surface area contributed by atoms with Gasteiger partial charge in [-0.1, -0.05) is 22.0 Å². The molecule has 3 rings (SSSR count). The molecule has 0 spiro atoms. The van der Waals surface area contributed by atoms with E-state index in [1.54, 1.807) is 7.11 Å². The standard InChI is InChI=1S/C17H15BrOS/c1-11-3-4-14(18)7-12(11)9-16-10-13-8-15(19-2)5-6-17(13)20-16/h3-8,10H,9H2,1-2H3. The van der Waals surface area contributed by atoms with E-state index in [4.69, 9.17) is 4.74 Å². The molecular formula is C17H15BrOS. The predicted molar refractivity (Wildman–Crippen MR) is 90.1 cm³/mol. The second-order valence-electron chi connectivity index (χ2n) is 4.86. The maximum Gasteiger partial charge on any atom is 0.119 e. The first-order valence-corrected chi connectivity index (χ1v) is 8.08. The second kappa shape index (κ2) is 5.58. The molecule has 0 radical (unpaired) electrons. The van der Waals surface area contributed by atoms with E-state index < -0.39 is 0 Å². The molecule has 0 bridgehead atoms. The Morgan fingerprint density at radius 3 is 2.75 bits per heavy atom. The minimum atomic E-state index is 0.917. The second-order valence-corrected chi connectivity index (χ2v) is 6.95. The Hall–Kier alpha value is -1.32. The van der Waals surface area contributed by atoms with Crippen LogP contribution in [0.25, 0.3) is 10.1 Å². The number of methoxy groups -OCH3 is 1. The van der Waals surface area contributed by atoms with Crippen molar-refractivity contribution in [2.45, 2.75) is 13.3 Å². The Kier molecular flexibility index (Phi) is 3.81. The van der Waals surface area contributed by atoms with Crippen molar-refractivity contribution < 1.29 is 4.74 Å². The lowest BCUT2D eigenvalue weighted by atomic mass is 10.1. The lowest BCUT2D eigenvalue weighted by Gasteiger charge is -2.04. The Bertz CT molecular complexity index is 761. The van der Waals surface area contributed by atoms with E-state index in [0.717, 1.165) is 16.6 Å². The minimum Gasteiger partial charge on any atom is -0.497 e. The summed E-state index contributed by atoms with van der Waals surface area (Å²) in [5.41, 5.74) is 2.71. The zero-order valence-electron chi connectivity index (χ0n) is 11.4. The summed E-state index contributed by atoms with van der Waals surface area (Å²) in [7, 11) is 1.71. The molecule has 1 heterocycles. The fourth-order valence-electron chi connectivity index (χ4n) is 2.31. The largest absolute Gasteiger partial charge is 0.497 e. The summed E-state index contributed by atoms with van der Waals surface area (Å²) in [6, 6.07) is 15.0. The summed E-state index contributed by atoms with van der Waals surface area (Å²) in [6.07, 6.45) is 0.979. The molecule has 0 aliphatic heterocycles. The predicted octanol–water partition coefficient (Wildman–Crippen LogP) is 5.57. The van der Waals surface area contributed by atoms with Crippen molar-refractivity contribution in [2.75, 3.05) is 7.11 Å². The molecule has 0 fully saturated rings. The molecule has 1 nitrogen and oxygen atoms in total. The molecule has 0 N–H and O–H groups in total. The maximum atomic E-state index is 5.28. The van der Waals surface area contributed by atoms with Gasteiger partial charge >= 0.3 is 0 Å². The maximum absolute atomic E-state index is 5.28. The third kappa shape index (κ3) is 2.74. The zero-order chi connectivity index (χ0) is 14.1. The van der Waals surface area contributed by atoms with E-state index in [-0.39, 0.29) is 0 Å². The molecule has 0 aliphatic carbocycles. The quantitative estimate of drug-likeness (QED) is 0.602. The van der Waals surface area contributed by atoms with Gasteiger partial charge in [0.1, 0.15) is 5.75 Å². The van der Waals surface area contributed by atoms with Crippen LogP contribution in [-0.2, 0) is 6.42 Å². The highest BCUT2D eigenvalue weighted by Crippen LogP contribution is 2.31. The molecule has 20 heavy (non-hydrogen) atoms. The van der Waals surface area contributed by atoms with Crippen molar-refractivity contribution in [3.63, 3.8) is 0 Å². The molecule has 1 aromatic heterocycles. The highest BCUT2D eigenvalue weighted by Gasteiger charge is 2.06. The van der Waals surface area contributed by atoms with Gasteiger partial charge in [-0.25, -0.2) is 0 Å². The fraction of sp³-hybridized carbons (Fsp3) is 0.176. The first-order valence-electron chi connectivity index (χ1n) is 6.47. The molecule has 0 unspecified atom stereocenters. The monoisotopic (exact) mass is 346 g/mol. The first-order chi connectivity index (χ1) is 9.65. The Morgan fingerprint density at radius 1 is 1.10 bits per heavy atom. The number of fused-ring (bicyclic) bond motifs is 1. The number of benzene rings is 2. The van der Waals surface area contributed by atoms with Crippen LogP contribution in [0.5, 0.6) is 5.75 Å². The fourth-order valence-corrected chi connectivity index (χ4v) is 3.79. The molecule has 0 atom stereocenters. The van der Waals surface area contributed by atoms with Gasteiger partial charge in [0.05, 0.1) is 7.11 Å². The first kappa shape index (κ1) is 13.7. The number of hydrogen-bond acceptors (Lipinski definition) is 2. The average Bonchev–Trinajstić information content (AvgIpc) is 2.84. The molecule has 0 amide bonds. The number of hydrogen-bond donors (Lipinski definition) is 0. The van der Waals surface area contributed by atoms with Gasteiger partial charge in [0.25, 0.3) is 0 Å². The van der Waals surface area contributed by atoms with Crippen LogP contribution in [0.1, 0.15) is 16.0 Å². The van der Waals surface area contributed by atoms with E-state index in [1.807, 2.05) is 17.4 Å². The minimum absolute atomic E-state index is 0.917. The van der Waals surface area contributed by atoms with E-state index in [1.165, 1.54) is 26.1 Å². The van der Waals surface area contributed by atoms with Crippen LogP contribution in [0.2, 0.25) is 0 Å². The van der Waals surface area contributed by atoms with Crippen LogP contribution in [0.4, 0.5) is 0 Å².